The molecule has 0 bridgehead atoms. The molecule has 0 spiro atoms. The smallest absolute Gasteiger partial charge is 0.368 e. The van der Waals surface area contributed by atoms with E-state index >= 15 is 0 Å². The highest BCUT2D eigenvalue weighted by atomic mass is 19.4. The topological polar surface area (TPSA) is 35.6 Å². The minimum absolute atomic E-state index is 0.190. The number of hydrogen-bond acceptors (Lipinski definition) is 3. The summed E-state index contributed by atoms with van der Waals surface area (Å²) in [6.45, 7) is 3.85. The zero-order valence-corrected chi connectivity index (χ0v) is 19.1. The molecule has 5 rings (SSSR count). The number of nitrogens with zero attached hydrogens (tertiary/aromatic N) is 2. The van der Waals surface area contributed by atoms with Gasteiger partial charge in [-0.1, -0.05) is 17.7 Å². The van der Waals surface area contributed by atoms with E-state index in [0.29, 0.717) is 30.9 Å². The van der Waals surface area contributed by atoms with Crippen LogP contribution in [0.25, 0.3) is 0 Å². The lowest BCUT2D eigenvalue weighted by molar-refractivity contribution is -0.137. The molecule has 0 saturated carbocycles. The molecule has 3 aromatic carbocycles. The maximum Gasteiger partial charge on any atom is 0.416 e. The van der Waals surface area contributed by atoms with E-state index < -0.39 is 23.5 Å². The van der Waals surface area contributed by atoms with Gasteiger partial charge in [0.15, 0.2) is 0 Å². The normalized spacial score (nSPS) is 19.7. The van der Waals surface area contributed by atoms with Crippen LogP contribution in [0.15, 0.2) is 66.7 Å². The van der Waals surface area contributed by atoms with Gasteiger partial charge in [-0.2, -0.15) is 13.2 Å². The Kier molecular flexibility index (Phi) is 5.91. The number of carbonyl (C=O) groups is 1. The third-order valence-corrected chi connectivity index (χ3v) is 6.89. The van der Waals surface area contributed by atoms with Gasteiger partial charge in [-0.25, -0.2) is 4.39 Å². The first-order valence-electron chi connectivity index (χ1n) is 11.5. The van der Waals surface area contributed by atoms with Gasteiger partial charge in [-0.15, -0.1) is 0 Å². The maximum atomic E-state index is 13.4. The molecule has 2 atom stereocenters. The zero-order valence-electron chi connectivity index (χ0n) is 19.1. The second-order valence-electron chi connectivity index (χ2n) is 9.19. The summed E-state index contributed by atoms with van der Waals surface area (Å²) >= 11 is 0. The van der Waals surface area contributed by atoms with Crippen molar-refractivity contribution in [2.75, 3.05) is 34.8 Å². The molecule has 1 saturated heterocycles. The number of anilines is 3. The fourth-order valence-corrected chi connectivity index (χ4v) is 5.06. The van der Waals surface area contributed by atoms with Crippen LogP contribution < -0.4 is 15.1 Å². The SMILES string of the molecule is Cc1ccc(N2CCN3c4ccc(C(F)(F)F)cc4C[C@H](C(=O)Nc4ccc(F)cc4)[C@@H]3C2)cc1. The van der Waals surface area contributed by atoms with Crippen molar-refractivity contribution >= 4 is 23.0 Å². The molecule has 1 amide bonds. The van der Waals surface area contributed by atoms with Crippen molar-refractivity contribution in [2.45, 2.75) is 25.6 Å². The second kappa shape index (κ2) is 8.91. The summed E-state index contributed by atoms with van der Waals surface area (Å²) in [6.07, 6.45) is -4.27. The molecule has 0 aliphatic carbocycles. The quantitative estimate of drug-likeness (QED) is 0.489. The van der Waals surface area contributed by atoms with Gasteiger partial charge in [0, 0.05) is 36.7 Å². The highest BCUT2D eigenvalue weighted by Crippen LogP contribution is 2.40. The Morgan fingerprint density at radius 3 is 2.37 bits per heavy atom. The number of fused-ring (bicyclic) bond motifs is 3. The number of carbonyl (C=O) groups excluding carboxylic acids is 1. The van der Waals surface area contributed by atoms with Gasteiger partial charge >= 0.3 is 6.18 Å². The number of rotatable bonds is 3. The number of aryl methyl sites for hydroxylation is 1. The number of piperazine rings is 1. The third-order valence-electron chi connectivity index (χ3n) is 6.89. The molecule has 3 aromatic rings. The minimum atomic E-state index is -4.46. The highest BCUT2D eigenvalue weighted by Gasteiger charge is 2.42. The van der Waals surface area contributed by atoms with Crippen LogP contribution in [0, 0.1) is 18.7 Å². The van der Waals surface area contributed by atoms with E-state index in [4.69, 9.17) is 0 Å². The van der Waals surface area contributed by atoms with Gasteiger partial charge in [-0.3, -0.25) is 4.79 Å². The zero-order chi connectivity index (χ0) is 24.7. The summed E-state index contributed by atoms with van der Waals surface area (Å²) in [5.74, 6) is -1.29. The Morgan fingerprint density at radius 2 is 1.69 bits per heavy atom. The number of alkyl halides is 3. The van der Waals surface area contributed by atoms with Gasteiger partial charge < -0.3 is 15.1 Å². The van der Waals surface area contributed by atoms with Gasteiger partial charge in [-0.05, 0) is 73.5 Å². The number of hydrogen-bond donors (Lipinski definition) is 1. The molecule has 2 aliphatic rings. The molecule has 0 radical (unpaired) electrons. The molecular formula is C27H25F4N3O. The van der Waals surface area contributed by atoms with Crippen molar-refractivity contribution in [1.29, 1.82) is 0 Å². The molecule has 0 unspecified atom stereocenters. The first kappa shape index (κ1) is 23.2. The van der Waals surface area contributed by atoms with Crippen LogP contribution in [0.5, 0.6) is 0 Å². The standard InChI is InChI=1S/C27H25F4N3O/c1-17-2-9-22(10-3-17)33-12-13-34-24-11-4-19(27(29,30)31)14-18(24)15-23(25(34)16-33)26(35)32-21-7-5-20(28)6-8-21/h2-11,14,23,25H,12-13,15-16H2,1H3,(H,32,35)/t23-,25-/m0/s1. The van der Waals surface area contributed by atoms with Crippen molar-refractivity contribution in [3.63, 3.8) is 0 Å². The molecule has 4 nitrogen and oxygen atoms in total. The van der Waals surface area contributed by atoms with Gasteiger partial charge in [0.2, 0.25) is 5.91 Å². The van der Waals surface area contributed by atoms with Crippen LogP contribution in [-0.4, -0.2) is 31.6 Å². The maximum absolute atomic E-state index is 13.4. The minimum Gasteiger partial charge on any atom is -0.368 e. The van der Waals surface area contributed by atoms with Crippen molar-refractivity contribution in [1.82, 2.24) is 0 Å². The molecule has 8 heteroatoms. The molecule has 35 heavy (non-hydrogen) atoms. The average Bonchev–Trinajstić information content (AvgIpc) is 2.84. The Morgan fingerprint density at radius 1 is 0.971 bits per heavy atom. The van der Waals surface area contributed by atoms with E-state index in [2.05, 4.69) is 15.1 Å². The third kappa shape index (κ3) is 4.70. The van der Waals surface area contributed by atoms with E-state index in [0.717, 1.165) is 29.1 Å². The molecule has 1 N–H and O–H groups in total. The van der Waals surface area contributed by atoms with E-state index in [-0.39, 0.29) is 18.4 Å². The lowest BCUT2D eigenvalue weighted by Gasteiger charge is -2.49. The summed E-state index contributed by atoms with van der Waals surface area (Å²) in [6, 6.07) is 17.2. The molecule has 0 aromatic heterocycles. The van der Waals surface area contributed by atoms with Gasteiger partial charge in [0.1, 0.15) is 5.82 Å². The summed E-state index contributed by atoms with van der Waals surface area (Å²) in [7, 11) is 0. The molecule has 182 valence electrons. The van der Waals surface area contributed by atoms with E-state index in [1.807, 2.05) is 31.2 Å². The fourth-order valence-electron chi connectivity index (χ4n) is 5.06. The molecular weight excluding hydrogens is 458 g/mol. The first-order valence-corrected chi connectivity index (χ1v) is 11.5. The Bertz CT molecular complexity index is 1220. The van der Waals surface area contributed by atoms with Crippen molar-refractivity contribution in [3.8, 4) is 0 Å². The number of benzene rings is 3. The van der Waals surface area contributed by atoms with E-state index in [9.17, 15) is 22.4 Å². The largest absolute Gasteiger partial charge is 0.416 e. The Balaban J connectivity index is 1.48. The molecule has 2 heterocycles. The van der Waals surface area contributed by atoms with Crippen molar-refractivity contribution < 1.29 is 22.4 Å². The van der Waals surface area contributed by atoms with Crippen molar-refractivity contribution in [2.24, 2.45) is 5.92 Å². The van der Waals surface area contributed by atoms with Crippen LogP contribution in [0.2, 0.25) is 0 Å². The van der Waals surface area contributed by atoms with Crippen LogP contribution in [0.1, 0.15) is 16.7 Å². The monoisotopic (exact) mass is 483 g/mol. The van der Waals surface area contributed by atoms with Crippen LogP contribution in [0.3, 0.4) is 0 Å². The van der Waals surface area contributed by atoms with Crippen molar-refractivity contribution in [3.05, 3.63) is 89.2 Å². The highest BCUT2D eigenvalue weighted by molar-refractivity contribution is 5.94. The second-order valence-corrected chi connectivity index (χ2v) is 9.19. The summed E-state index contributed by atoms with van der Waals surface area (Å²) in [4.78, 5) is 17.7. The van der Waals surface area contributed by atoms with E-state index in [1.54, 1.807) is 0 Å². The summed E-state index contributed by atoms with van der Waals surface area (Å²) in [5.41, 5.74) is 3.19. The van der Waals surface area contributed by atoms with E-state index in [1.165, 1.54) is 30.3 Å². The first-order chi connectivity index (χ1) is 16.7. The fraction of sp³-hybridized carbons (Fsp3) is 0.296. The number of amides is 1. The predicted octanol–water partition coefficient (Wildman–Crippen LogP) is 5.66. The number of nitrogens with one attached hydrogen (secondary N) is 1. The van der Waals surface area contributed by atoms with Crippen LogP contribution in [0.4, 0.5) is 34.6 Å². The Hall–Kier alpha value is -3.55. The summed E-state index contributed by atoms with van der Waals surface area (Å²) in [5, 5.41) is 2.84. The lowest BCUT2D eigenvalue weighted by atomic mass is 9.82. The van der Waals surface area contributed by atoms with Crippen LogP contribution >= 0.6 is 0 Å². The molecule has 2 aliphatic heterocycles. The predicted molar refractivity (Wildman–Crippen MR) is 128 cm³/mol. The van der Waals surface area contributed by atoms with Gasteiger partial charge in [0.05, 0.1) is 17.5 Å². The Labute approximate surface area is 201 Å². The lowest BCUT2D eigenvalue weighted by Crippen LogP contribution is -2.60. The van der Waals surface area contributed by atoms with Crippen LogP contribution in [-0.2, 0) is 17.4 Å². The number of halogens is 4. The molecule has 1 fully saturated rings. The summed E-state index contributed by atoms with van der Waals surface area (Å²) < 4.78 is 53.5. The van der Waals surface area contributed by atoms with Gasteiger partial charge in [0.25, 0.3) is 0 Å². The average molecular weight is 484 g/mol.